The summed E-state index contributed by atoms with van der Waals surface area (Å²) in [5, 5.41) is 0. The molecule has 0 bridgehead atoms. The van der Waals surface area contributed by atoms with Gasteiger partial charge in [0.05, 0.1) is 0 Å². The van der Waals surface area contributed by atoms with Crippen LogP contribution in [0.1, 0.15) is 0 Å². The van der Waals surface area contributed by atoms with Gasteiger partial charge >= 0.3 is 17.1 Å². The van der Waals surface area contributed by atoms with Crippen LogP contribution in [0.4, 0.5) is 26.3 Å². The van der Waals surface area contributed by atoms with Crippen molar-refractivity contribution in [2.24, 2.45) is 0 Å². The fraction of sp³-hybridized carbons (Fsp3) is 1.00. The number of alkyl halides is 8. The van der Waals surface area contributed by atoms with Crippen molar-refractivity contribution < 1.29 is 31.1 Å². The molecule has 0 rings (SSSR count). The molecule has 0 aromatic heterocycles. The Kier molecular flexibility index (Phi) is 3.15. The van der Waals surface area contributed by atoms with Crippen LogP contribution in [0, 0.1) is 0 Å². The summed E-state index contributed by atoms with van der Waals surface area (Å²) >= 11 is 8.39. The molecule has 0 radical (unpaired) electrons. The number of hydrogen-bond donors (Lipinski definition) is 0. The average Bonchev–Trinajstić information content (AvgIpc) is 1.52. The van der Waals surface area contributed by atoms with Crippen LogP contribution >= 0.6 is 23.2 Å². The Balaban J connectivity index is 4.44. The summed E-state index contributed by atoms with van der Waals surface area (Å²) in [5.41, 5.74) is 0. The summed E-state index contributed by atoms with van der Waals surface area (Å²) in [6, 6.07) is 0. The molecule has 1 nitrogen and oxygen atoms in total. The van der Waals surface area contributed by atoms with Gasteiger partial charge in [-0.05, 0) is 0 Å². The second-order valence-electron chi connectivity index (χ2n) is 1.56. The zero-order valence-electron chi connectivity index (χ0n) is 4.93. The summed E-state index contributed by atoms with van der Waals surface area (Å²) < 4.78 is 66.1. The van der Waals surface area contributed by atoms with Crippen molar-refractivity contribution in [1.82, 2.24) is 0 Å². The van der Waals surface area contributed by atoms with Gasteiger partial charge in [0.1, 0.15) is 0 Å². The zero-order valence-corrected chi connectivity index (χ0v) is 6.44. The van der Waals surface area contributed by atoms with E-state index in [1.54, 1.807) is 0 Å². The van der Waals surface area contributed by atoms with Crippen molar-refractivity contribution in [3.63, 3.8) is 0 Å². The summed E-state index contributed by atoms with van der Waals surface area (Å²) in [5.74, 6) is 0. The molecule has 0 aliphatic heterocycles. The quantitative estimate of drug-likeness (QED) is 0.502. The van der Waals surface area contributed by atoms with Crippen molar-refractivity contribution in [3.8, 4) is 0 Å². The SMILES string of the molecule is FC(F)(F)OC(Cl)(Cl)C(F)(F)F. The molecular formula is C3Cl2F6O. The molecule has 0 aromatic carbocycles. The highest BCUT2D eigenvalue weighted by molar-refractivity contribution is 6.47. The van der Waals surface area contributed by atoms with Gasteiger partial charge in [-0.15, -0.1) is 13.2 Å². The van der Waals surface area contributed by atoms with E-state index < -0.39 is 17.1 Å². The van der Waals surface area contributed by atoms with Gasteiger partial charge in [0, 0.05) is 0 Å². The molecule has 0 saturated heterocycles. The minimum Gasteiger partial charge on any atom is -0.246 e. The molecule has 9 heteroatoms. The first-order valence-electron chi connectivity index (χ1n) is 2.17. The fourth-order valence-electron chi connectivity index (χ4n) is 0.203. The van der Waals surface area contributed by atoms with Gasteiger partial charge in [0.15, 0.2) is 0 Å². The standard InChI is InChI=1S/C3Cl2F6O/c4-1(5,2(6,7)8)12-3(9,10)11. The van der Waals surface area contributed by atoms with E-state index in [1.165, 1.54) is 0 Å². The molecule has 0 fully saturated rings. The van der Waals surface area contributed by atoms with Crippen LogP contribution in [0.15, 0.2) is 0 Å². The molecule has 0 aliphatic rings. The van der Waals surface area contributed by atoms with Gasteiger partial charge < -0.3 is 0 Å². The van der Waals surface area contributed by atoms with Crippen LogP contribution in [0.25, 0.3) is 0 Å². The summed E-state index contributed by atoms with van der Waals surface area (Å²) in [6.45, 7) is 0. The van der Waals surface area contributed by atoms with Gasteiger partial charge in [-0.3, -0.25) is 0 Å². The minimum absolute atomic E-state index is 2.40. The first-order valence-corrected chi connectivity index (χ1v) is 2.93. The molecule has 74 valence electrons. The summed E-state index contributed by atoms with van der Waals surface area (Å²) in [4.78, 5) is 0. The number of hydrogen-bond acceptors (Lipinski definition) is 1. The van der Waals surface area contributed by atoms with Gasteiger partial charge in [-0.25, -0.2) is 4.74 Å². The van der Waals surface area contributed by atoms with Crippen LogP contribution in [0.5, 0.6) is 0 Å². The maximum atomic E-state index is 11.5. The van der Waals surface area contributed by atoms with Crippen molar-refractivity contribution in [2.45, 2.75) is 17.1 Å². The van der Waals surface area contributed by atoms with Gasteiger partial charge in [-0.2, -0.15) is 13.2 Å². The molecule has 12 heavy (non-hydrogen) atoms. The van der Waals surface area contributed by atoms with Crippen LogP contribution in [-0.4, -0.2) is 17.1 Å². The van der Waals surface area contributed by atoms with Crippen LogP contribution < -0.4 is 0 Å². The number of halogens is 8. The lowest BCUT2D eigenvalue weighted by molar-refractivity contribution is -0.374. The number of ether oxygens (including phenoxy) is 1. The van der Waals surface area contributed by atoms with Crippen molar-refractivity contribution in [2.75, 3.05) is 0 Å². The first kappa shape index (κ1) is 12.1. The Morgan fingerprint density at radius 3 is 1.25 bits per heavy atom. The molecule has 0 aliphatic carbocycles. The summed E-state index contributed by atoms with van der Waals surface area (Å²) in [7, 11) is 0. The first-order chi connectivity index (χ1) is 4.96. The maximum Gasteiger partial charge on any atom is 0.525 e. The largest absolute Gasteiger partial charge is 0.525 e. The van der Waals surface area contributed by atoms with Crippen LogP contribution in [-0.2, 0) is 4.74 Å². The van der Waals surface area contributed by atoms with Gasteiger partial charge in [-0.1, -0.05) is 23.2 Å². The molecular weight excluding hydrogens is 237 g/mol. The Hall–Kier alpha value is 0.120. The summed E-state index contributed by atoms with van der Waals surface area (Å²) in [6.07, 6.45) is -11.1. The number of rotatable bonds is 1. The molecule has 0 saturated carbocycles. The third-order valence-corrected chi connectivity index (χ3v) is 1.16. The molecule has 0 spiro atoms. The van der Waals surface area contributed by atoms with E-state index in [0.29, 0.717) is 0 Å². The Morgan fingerprint density at radius 1 is 0.833 bits per heavy atom. The van der Waals surface area contributed by atoms with Crippen LogP contribution in [0.3, 0.4) is 0 Å². The van der Waals surface area contributed by atoms with Gasteiger partial charge in [0.2, 0.25) is 0 Å². The van der Waals surface area contributed by atoms with E-state index in [2.05, 4.69) is 27.9 Å². The highest BCUT2D eigenvalue weighted by Gasteiger charge is 2.59. The molecule has 0 heterocycles. The molecule has 0 unspecified atom stereocenters. The second-order valence-corrected chi connectivity index (χ2v) is 2.82. The predicted molar refractivity (Wildman–Crippen MR) is 27.6 cm³/mol. The van der Waals surface area contributed by atoms with E-state index in [-0.39, 0.29) is 0 Å². The van der Waals surface area contributed by atoms with Crippen molar-refractivity contribution in [1.29, 1.82) is 0 Å². The third-order valence-electron chi connectivity index (χ3n) is 0.574. The second kappa shape index (κ2) is 3.12. The Morgan fingerprint density at radius 2 is 1.17 bits per heavy atom. The van der Waals surface area contributed by atoms with E-state index in [0.717, 1.165) is 0 Å². The zero-order chi connectivity index (χ0) is 10.2. The highest BCUT2D eigenvalue weighted by atomic mass is 35.5. The van der Waals surface area contributed by atoms with Gasteiger partial charge in [0.25, 0.3) is 0 Å². The maximum absolute atomic E-state index is 11.5. The highest BCUT2D eigenvalue weighted by Crippen LogP contribution is 2.44. The average molecular weight is 237 g/mol. The topological polar surface area (TPSA) is 9.23 Å². The third kappa shape index (κ3) is 3.68. The van der Waals surface area contributed by atoms with Crippen molar-refractivity contribution in [3.05, 3.63) is 0 Å². The van der Waals surface area contributed by atoms with Crippen molar-refractivity contribution >= 4 is 23.2 Å². The van der Waals surface area contributed by atoms with E-state index in [4.69, 9.17) is 0 Å². The van der Waals surface area contributed by atoms with E-state index in [1.807, 2.05) is 0 Å². The Bertz CT molecular complexity index is 159. The predicted octanol–water partition coefficient (Wildman–Crippen LogP) is 3.22. The molecule has 0 aromatic rings. The lowest BCUT2D eigenvalue weighted by Gasteiger charge is -2.23. The molecule has 0 atom stereocenters. The lowest BCUT2D eigenvalue weighted by atomic mass is 10.7. The normalized spacial score (nSPS) is 15.0. The molecule has 0 amide bonds. The lowest BCUT2D eigenvalue weighted by Crippen LogP contribution is -2.41. The monoisotopic (exact) mass is 236 g/mol. The Labute approximate surface area is 72.2 Å². The van der Waals surface area contributed by atoms with E-state index in [9.17, 15) is 26.3 Å². The van der Waals surface area contributed by atoms with Crippen LogP contribution in [0.2, 0.25) is 0 Å². The minimum atomic E-state index is -5.54. The fourth-order valence-corrected chi connectivity index (χ4v) is 0.378. The van der Waals surface area contributed by atoms with E-state index >= 15 is 0 Å². The smallest absolute Gasteiger partial charge is 0.246 e. The molecule has 0 N–H and O–H groups in total.